The van der Waals surface area contributed by atoms with Crippen LogP contribution in [0.15, 0.2) is 20.1 Å². The van der Waals surface area contributed by atoms with Crippen molar-refractivity contribution in [2.45, 2.75) is 36.9 Å². The Kier molecular flexibility index (Phi) is 5.64. The van der Waals surface area contributed by atoms with Crippen LogP contribution in [0.25, 0.3) is 0 Å². The highest BCUT2D eigenvalue weighted by Crippen LogP contribution is 2.31. The van der Waals surface area contributed by atoms with Crippen LogP contribution < -0.4 is 5.32 Å². The Morgan fingerprint density at radius 3 is 2.80 bits per heavy atom. The molecule has 1 aromatic rings. The van der Waals surface area contributed by atoms with Gasteiger partial charge in [0.25, 0.3) is 10.0 Å². The van der Waals surface area contributed by atoms with Crippen LogP contribution >= 0.6 is 27.3 Å². The summed E-state index contributed by atoms with van der Waals surface area (Å²) in [6.45, 7) is 6.21. The second-order valence-electron chi connectivity index (χ2n) is 5.57. The van der Waals surface area contributed by atoms with Crippen molar-refractivity contribution < 1.29 is 8.42 Å². The van der Waals surface area contributed by atoms with Crippen molar-refractivity contribution in [3.8, 4) is 0 Å². The van der Waals surface area contributed by atoms with Crippen LogP contribution in [0.5, 0.6) is 0 Å². The molecule has 1 unspecified atom stereocenters. The maximum atomic E-state index is 12.8. The number of hydrogen-bond donors (Lipinski definition) is 1. The molecule has 1 N–H and O–H groups in total. The van der Waals surface area contributed by atoms with E-state index < -0.39 is 10.0 Å². The summed E-state index contributed by atoms with van der Waals surface area (Å²) >= 11 is 4.61. The summed E-state index contributed by atoms with van der Waals surface area (Å²) in [6.07, 6.45) is 2.18. The zero-order valence-electron chi connectivity index (χ0n) is 11.8. The zero-order chi connectivity index (χ0) is 14.8. The Hall–Kier alpha value is 0.0500. The lowest BCUT2D eigenvalue weighted by atomic mass is 10.2. The van der Waals surface area contributed by atoms with Crippen LogP contribution in [0.4, 0.5) is 0 Å². The summed E-state index contributed by atoms with van der Waals surface area (Å²) in [5.41, 5.74) is 0. The first-order chi connectivity index (χ1) is 9.41. The lowest BCUT2D eigenvalue weighted by Crippen LogP contribution is -2.42. The van der Waals surface area contributed by atoms with Crippen LogP contribution in [0.1, 0.15) is 26.7 Å². The molecule has 0 bridgehead atoms. The van der Waals surface area contributed by atoms with Gasteiger partial charge in [0.2, 0.25) is 0 Å². The van der Waals surface area contributed by atoms with Gasteiger partial charge in [-0.15, -0.1) is 11.3 Å². The second-order valence-corrected chi connectivity index (χ2v) is 9.47. The maximum Gasteiger partial charge on any atom is 0.253 e. The summed E-state index contributed by atoms with van der Waals surface area (Å²) < 4.78 is 28.3. The van der Waals surface area contributed by atoms with Crippen LogP contribution in [-0.4, -0.2) is 38.4 Å². The molecule has 114 valence electrons. The number of sulfonamides is 1. The predicted octanol–water partition coefficient (Wildman–Crippen LogP) is 2.91. The Bertz CT molecular complexity index is 536. The molecule has 2 rings (SSSR count). The Labute approximate surface area is 133 Å². The van der Waals surface area contributed by atoms with Gasteiger partial charge in [0.05, 0.1) is 0 Å². The van der Waals surface area contributed by atoms with Gasteiger partial charge in [0.15, 0.2) is 0 Å². The summed E-state index contributed by atoms with van der Waals surface area (Å²) in [6, 6.07) is 2.07. The van der Waals surface area contributed by atoms with Crippen molar-refractivity contribution in [3.63, 3.8) is 0 Å². The van der Waals surface area contributed by atoms with Gasteiger partial charge in [0.1, 0.15) is 4.21 Å². The summed E-state index contributed by atoms with van der Waals surface area (Å²) in [7, 11) is -3.41. The number of nitrogens with zero attached hydrogens (tertiary/aromatic N) is 1. The van der Waals surface area contributed by atoms with Gasteiger partial charge in [0, 0.05) is 23.6 Å². The lowest BCUT2D eigenvalue weighted by Gasteiger charge is -2.26. The fourth-order valence-corrected chi connectivity index (χ4v) is 6.52. The summed E-state index contributed by atoms with van der Waals surface area (Å²) in [5.74, 6) is 0.310. The predicted molar refractivity (Wildman–Crippen MR) is 86.6 cm³/mol. The maximum absolute atomic E-state index is 12.8. The Morgan fingerprint density at radius 1 is 1.55 bits per heavy atom. The number of halogens is 1. The van der Waals surface area contributed by atoms with Crippen LogP contribution in [-0.2, 0) is 10.0 Å². The molecule has 1 atom stereocenters. The Balaban J connectivity index is 2.22. The molecule has 2 heterocycles. The molecular formula is C13H21BrN2O2S2. The highest BCUT2D eigenvalue weighted by Gasteiger charge is 2.31. The molecule has 1 fully saturated rings. The average Bonchev–Trinajstić information content (AvgIpc) is 2.99. The van der Waals surface area contributed by atoms with Crippen molar-refractivity contribution >= 4 is 37.3 Å². The van der Waals surface area contributed by atoms with Gasteiger partial charge in [-0.1, -0.05) is 13.8 Å². The number of nitrogens with one attached hydrogen (secondary N) is 1. The first-order valence-electron chi connectivity index (χ1n) is 6.87. The second kappa shape index (κ2) is 6.87. The first kappa shape index (κ1) is 16.4. The third-order valence-electron chi connectivity index (χ3n) is 3.31. The van der Waals surface area contributed by atoms with E-state index in [4.69, 9.17) is 0 Å². The monoisotopic (exact) mass is 380 g/mol. The molecule has 7 heteroatoms. The minimum absolute atomic E-state index is 0.280. The van der Waals surface area contributed by atoms with E-state index in [1.54, 1.807) is 15.8 Å². The highest BCUT2D eigenvalue weighted by atomic mass is 79.9. The molecule has 0 saturated carbocycles. The molecule has 4 nitrogen and oxygen atoms in total. The number of thiophene rings is 1. The molecule has 1 aliphatic heterocycles. The minimum Gasteiger partial charge on any atom is -0.313 e. The highest BCUT2D eigenvalue weighted by molar-refractivity contribution is 9.10. The molecule has 0 radical (unpaired) electrons. The van der Waals surface area contributed by atoms with E-state index in [1.807, 2.05) is 13.8 Å². The van der Waals surface area contributed by atoms with E-state index in [0.29, 0.717) is 27.7 Å². The van der Waals surface area contributed by atoms with E-state index in [2.05, 4.69) is 21.2 Å². The molecule has 0 spiro atoms. The molecule has 1 aromatic heterocycles. The van der Waals surface area contributed by atoms with Gasteiger partial charge >= 0.3 is 0 Å². The molecular weight excluding hydrogens is 360 g/mol. The van der Waals surface area contributed by atoms with Gasteiger partial charge in [-0.2, -0.15) is 4.31 Å². The molecule has 1 aliphatic rings. The van der Waals surface area contributed by atoms with Crippen LogP contribution in [0.3, 0.4) is 0 Å². The van der Waals surface area contributed by atoms with E-state index in [0.717, 1.165) is 19.4 Å². The SMILES string of the molecule is CC(C)CN(CC1CCCN1)S(=O)(=O)c1sccc1Br. The molecule has 0 aromatic carbocycles. The average molecular weight is 381 g/mol. The van der Waals surface area contributed by atoms with Crippen LogP contribution in [0, 0.1) is 5.92 Å². The lowest BCUT2D eigenvalue weighted by molar-refractivity contribution is 0.337. The van der Waals surface area contributed by atoms with Gasteiger partial charge in [-0.25, -0.2) is 8.42 Å². The van der Waals surface area contributed by atoms with Crippen LogP contribution in [0.2, 0.25) is 0 Å². The zero-order valence-corrected chi connectivity index (χ0v) is 15.0. The third kappa shape index (κ3) is 3.82. The fraction of sp³-hybridized carbons (Fsp3) is 0.692. The topological polar surface area (TPSA) is 49.4 Å². The van der Waals surface area contributed by atoms with Crippen molar-refractivity contribution in [1.82, 2.24) is 9.62 Å². The van der Waals surface area contributed by atoms with Gasteiger partial charge in [-0.3, -0.25) is 0 Å². The minimum atomic E-state index is -3.41. The van der Waals surface area contributed by atoms with Crippen molar-refractivity contribution in [2.75, 3.05) is 19.6 Å². The van der Waals surface area contributed by atoms with E-state index in [1.165, 1.54) is 11.3 Å². The number of hydrogen-bond acceptors (Lipinski definition) is 4. The number of rotatable bonds is 6. The van der Waals surface area contributed by atoms with Gasteiger partial charge in [-0.05, 0) is 52.7 Å². The first-order valence-corrected chi connectivity index (χ1v) is 9.99. The molecule has 0 aliphatic carbocycles. The van der Waals surface area contributed by atoms with Crippen molar-refractivity contribution in [2.24, 2.45) is 5.92 Å². The van der Waals surface area contributed by atoms with E-state index >= 15 is 0 Å². The van der Waals surface area contributed by atoms with Crippen molar-refractivity contribution in [1.29, 1.82) is 0 Å². The fourth-order valence-electron chi connectivity index (χ4n) is 2.42. The normalized spacial score (nSPS) is 20.1. The quantitative estimate of drug-likeness (QED) is 0.825. The third-order valence-corrected chi connectivity index (χ3v) is 7.79. The van der Waals surface area contributed by atoms with Crippen molar-refractivity contribution in [3.05, 3.63) is 15.9 Å². The standard InChI is InChI=1S/C13H21BrN2O2S2/c1-10(2)8-16(9-11-4-3-6-15-11)20(17,18)13-12(14)5-7-19-13/h5,7,10-11,15H,3-4,6,8-9H2,1-2H3. The van der Waals surface area contributed by atoms with E-state index in [-0.39, 0.29) is 6.04 Å². The molecule has 0 amide bonds. The summed E-state index contributed by atoms with van der Waals surface area (Å²) in [5, 5.41) is 5.18. The smallest absolute Gasteiger partial charge is 0.253 e. The van der Waals surface area contributed by atoms with Gasteiger partial charge < -0.3 is 5.32 Å². The largest absolute Gasteiger partial charge is 0.313 e. The van der Waals surface area contributed by atoms with E-state index in [9.17, 15) is 8.42 Å². The Morgan fingerprint density at radius 2 is 2.30 bits per heavy atom. The molecule has 1 saturated heterocycles. The molecule has 20 heavy (non-hydrogen) atoms. The summed E-state index contributed by atoms with van der Waals surface area (Å²) in [4.78, 5) is 0.